The molecule has 3 heterocycles. The van der Waals surface area contributed by atoms with E-state index in [-0.39, 0.29) is 17.3 Å². The van der Waals surface area contributed by atoms with Gasteiger partial charge in [0.05, 0.1) is 12.2 Å². The van der Waals surface area contributed by atoms with Gasteiger partial charge in [0.15, 0.2) is 0 Å². The van der Waals surface area contributed by atoms with Gasteiger partial charge in [-0.25, -0.2) is 9.67 Å². The lowest BCUT2D eigenvalue weighted by Crippen LogP contribution is -2.17. The maximum atomic E-state index is 13.3. The number of rotatable bonds is 3. The van der Waals surface area contributed by atoms with Gasteiger partial charge in [0, 0.05) is 25.3 Å². The number of hydrogen-bond donors (Lipinski definition) is 0. The van der Waals surface area contributed by atoms with Gasteiger partial charge in [-0.15, -0.1) is 0 Å². The number of aromatic nitrogens is 4. The molecule has 0 unspecified atom stereocenters. The Kier molecular flexibility index (Phi) is 3.44. The van der Waals surface area contributed by atoms with Crippen molar-refractivity contribution in [2.24, 2.45) is 0 Å². The van der Waals surface area contributed by atoms with Crippen molar-refractivity contribution in [2.75, 3.05) is 0 Å². The zero-order valence-electron chi connectivity index (χ0n) is 11.5. The molecule has 0 aromatic carbocycles. The molecule has 0 saturated heterocycles. The van der Waals surface area contributed by atoms with E-state index in [1.807, 2.05) is 0 Å². The molecule has 0 aliphatic carbocycles. The highest BCUT2D eigenvalue weighted by Gasteiger charge is 2.28. The summed E-state index contributed by atoms with van der Waals surface area (Å²) in [5.41, 5.74) is 0.182. The van der Waals surface area contributed by atoms with Crippen LogP contribution in [0.5, 0.6) is 0 Å². The Morgan fingerprint density at radius 1 is 1.32 bits per heavy atom. The normalized spacial score (nSPS) is 12.0. The van der Waals surface area contributed by atoms with Gasteiger partial charge in [0.1, 0.15) is 16.5 Å². The van der Waals surface area contributed by atoms with Crippen molar-refractivity contribution in [3.63, 3.8) is 0 Å². The lowest BCUT2D eigenvalue weighted by atomic mass is 10.3. The molecule has 0 aliphatic heterocycles. The lowest BCUT2D eigenvalue weighted by Gasteiger charge is -2.06. The van der Waals surface area contributed by atoms with Crippen LogP contribution in [0.1, 0.15) is 18.3 Å². The molecule has 0 N–H and O–H groups in total. The SMILES string of the molecule is CC(F)(F)c1cc(Cl)n(Cc2cc(=O)n3ccccc3n2)n1. The van der Waals surface area contributed by atoms with E-state index < -0.39 is 11.6 Å². The molecule has 0 fully saturated rings. The van der Waals surface area contributed by atoms with Crippen molar-refractivity contribution in [1.29, 1.82) is 0 Å². The number of alkyl halides is 2. The molecule has 0 spiro atoms. The number of nitrogens with zero attached hydrogens (tertiary/aromatic N) is 4. The van der Waals surface area contributed by atoms with Crippen molar-refractivity contribution in [3.8, 4) is 0 Å². The van der Waals surface area contributed by atoms with Crippen LogP contribution in [-0.4, -0.2) is 19.2 Å². The second-order valence-electron chi connectivity index (χ2n) is 4.91. The first-order chi connectivity index (χ1) is 10.3. The molecule has 5 nitrogen and oxygen atoms in total. The minimum Gasteiger partial charge on any atom is -0.269 e. The van der Waals surface area contributed by atoms with Crippen LogP contribution in [0.3, 0.4) is 0 Å². The third kappa shape index (κ3) is 2.71. The fourth-order valence-corrected chi connectivity index (χ4v) is 2.26. The smallest absolute Gasteiger partial charge is 0.269 e. The molecular formula is C14H11ClF2N4O. The summed E-state index contributed by atoms with van der Waals surface area (Å²) >= 11 is 5.91. The van der Waals surface area contributed by atoms with Gasteiger partial charge in [0.25, 0.3) is 11.5 Å². The lowest BCUT2D eigenvalue weighted by molar-refractivity contribution is 0.0121. The maximum absolute atomic E-state index is 13.3. The second kappa shape index (κ2) is 5.17. The summed E-state index contributed by atoms with van der Waals surface area (Å²) in [5.74, 6) is -3.08. The summed E-state index contributed by atoms with van der Waals surface area (Å²) in [6.45, 7) is 0.784. The predicted molar refractivity (Wildman–Crippen MR) is 77.4 cm³/mol. The van der Waals surface area contributed by atoms with Gasteiger partial charge in [0.2, 0.25) is 0 Å². The molecule has 0 bridgehead atoms. The van der Waals surface area contributed by atoms with E-state index in [1.165, 1.54) is 15.1 Å². The zero-order valence-corrected chi connectivity index (χ0v) is 12.3. The molecule has 0 atom stereocenters. The van der Waals surface area contributed by atoms with E-state index in [0.717, 1.165) is 13.0 Å². The molecule has 8 heteroatoms. The van der Waals surface area contributed by atoms with E-state index in [1.54, 1.807) is 24.4 Å². The summed E-state index contributed by atoms with van der Waals surface area (Å²) in [6, 6.07) is 7.59. The molecule has 22 heavy (non-hydrogen) atoms. The topological polar surface area (TPSA) is 52.2 Å². The Balaban J connectivity index is 2.00. The monoisotopic (exact) mass is 324 g/mol. The van der Waals surface area contributed by atoms with E-state index in [4.69, 9.17) is 11.6 Å². The van der Waals surface area contributed by atoms with Crippen molar-refractivity contribution in [2.45, 2.75) is 19.4 Å². The standard InChI is InChI=1S/C14H11ClF2N4O/c1-14(16,17)10-7-11(15)21(19-10)8-9-6-13(22)20-5-3-2-4-12(20)18-9/h2-7H,8H2,1H3. The fraction of sp³-hybridized carbons (Fsp3) is 0.214. The van der Waals surface area contributed by atoms with E-state index in [9.17, 15) is 13.6 Å². The van der Waals surface area contributed by atoms with Crippen LogP contribution in [0.4, 0.5) is 8.78 Å². The predicted octanol–water partition coefficient (Wildman–Crippen LogP) is 2.70. The van der Waals surface area contributed by atoms with Gasteiger partial charge in [-0.3, -0.25) is 9.20 Å². The van der Waals surface area contributed by atoms with Crippen molar-refractivity contribution < 1.29 is 8.78 Å². The highest BCUT2D eigenvalue weighted by molar-refractivity contribution is 6.29. The number of halogens is 3. The van der Waals surface area contributed by atoms with Crippen LogP contribution in [0.15, 0.2) is 41.3 Å². The van der Waals surface area contributed by atoms with E-state index >= 15 is 0 Å². The maximum Gasteiger partial charge on any atom is 0.288 e. The Morgan fingerprint density at radius 3 is 2.77 bits per heavy atom. The first-order valence-corrected chi connectivity index (χ1v) is 6.81. The van der Waals surface area contributed by atoms with Crippen molar-refractivity contribution in [3.05, 3.63) is 63.4 Å². The Hall–Kier alpha value is -2.28. The Bertz CT molecular complexity index is 898. The summed E-state index contributed by atoms with van der Waals surface area (Å²) < 4.78 is 29.1. The summed E-state index contributed by atoms with van der Waals surface area (Å²) in [4.78, 5) is 16.3. The van der Waals surface area contributed by atoms with Gasteiger partial charge >= 0.3 is 0 Å². The van der Waals surface area contributed by atoms with Gasteiger partial charge in [-0.05, 0) is 12.1 Å². The third-order valence-corrected chi connectivity index (χ3v) is 3.42. The highest BCUT2D eigenvalue weighted by atomic mass is 35.5. The fourth-order valence-electron chi connectivity index (χ4n) is 2.06. The molecule has 3 aromatic rings. The Labute approximate surface area is 128 Å². The number of pyridine rings is 1. The molecule has 0 aliphatic rings. The number of fused-ring (bicyclic) bond motifs is 1. The van der Waals surface area contributed by atoms with Crippen LogP contribution in [0, 0.1) is 0 Å². The minimum atomic E-state index is -3.08. The van der Waals surface area contributed by atoms with Crippen LogP contribution in [0.2, 0.25) is 5.15 Å². The Morgan fingerprint density at radius 2 is 2.09 bits per heavy atom. The molecule has 0 radical (unpaired) electrons. The van der Waals surface area contributed by atoms with Crippen LogP contribution in [-0.2, 0) is 12.5 Å². The molecular weight excluding hydrogens is 314 g/mol. The van der Waals surface area contributed by atoms with Gasteiger partial charge in [-0.1, -0.05) is 17.7 Å². The number of hydrogen-bond acceptors (Lipinski definition) is 3. The van der Waals surface area contributed by atoms with Crippen LogP contribution in [0.25, 0.3) is 5.65 Å². The highest BCUT2D eigenvalue weighted by Crippen LogP contribution is 2.27. The summed E-state index contributed by atoms with van der Waals surface area (Å²) in [5, 5.41) is 3.83. The van der Waals surface area contributed by atoms with Crippen LogP contribution >= 0.6 is 11.6 Å². The largest absolute Gasteiger partial charge is 0.288 e. The zero-order chi connectivity index (χ0) is 15.9. The average Bonchev–Trinajstić information content (AvgIpc) is 2.80. The van der Waals surface area contributed by atoms with Gasteiger partial charge in [-0.2, -0.15) is 13.9 Å². The first kappa shape index (κ1) is 14.6. The van der Waals surface area contributed by atoms with Crippen molar-refractivity contribution in [1.82, 2.24) is 19.2 Å². The molecule has 3 aromatic heterocycles. The first-order valence-electron chi connectivity index (χ1n) is 6.43. The minimum absolute atomic E-state index is 0.0372. The average molecular weight is 325 g/mol. The molecule has 114 valence electrons. The van der Waals surface area contributed by atoms with Crippen LogP contribution < -0.4 is 5.56 Å². The summed E-state index contributed by atoms with van der Waals surface area (Å²) in [6.07, 6.45) is 1.60. The third-order valence-electron chi connectivity index (χ3n) is 3.12. The molecule has 3 rings (SSSR count). The van der Waals surface area contributed by atoms with E-state index in [0.29, 0.717) is 11.3 Å². The molecule has 0 amide bonds. The second-order valence-corrected chi connectivity index (χ2v) is 5.30. The van der Waals surface area contributed by atoms with Crippen molar-refractivity contribution >= 4 is 17.2 Å². The van der Waals surface area contributed by atoms with E-state index in [2.05, 4.69) is 10.1 Å². The quantitative estimate of drug-likeness (QED) is 0.744. The molecule has 0 saturated carbocycles. The summed E-state index contributed by atoms with van der Waals surface area (Å²) in [7, 11) is 0. The van der Waals surface area contributed by atoms with Gasteiger partial charge < -0.3 is 0 Å².